The summed E-state index contributed by atoms with van der Waals surface area (Å²) in [6.45, 7) is 6.50. The van der Waals surface area contributed by atoms with E-state index in [9.17, 15) is 4.79 Å². The van der Waals surface area contributed by atoms with Crippen molar-refractivity contribution in [2.75, 3.05) is 4.90 Å². The molecule has 0 atom stereocenters. The van der Waals surface area contributed by atoms with E-state index in [0.29, 0.717) is 23.1 Å². The van der Waals surface area contributed by atoms with E-state index in [4.69, 9.17) is 16.6 Å². The van der Waals surface area contributed by atoms with Crippen molar-refractivity contribution < 1.29 is 4.79 Å². The van der Waals surface area contributed by atoms with Crippen LogP contribution in [0.25, 0.3) is 10.2 Å². The first-order chi connectivity index (χ1) is 14.4. The fourth-order valence-corrected chi connectivity index (χ4v) is 4.64. The maximum absolute atomic E-state index is 13.4. The molecule has 0 aliphatic heterocycles. The largest absolute Gasteiger partial charge is 0.282 e. The first-order valence-corrected chi connectivity index (χ1v) is 10.9. The van der Waals surface area contributed by atoms with Gasteiger partial charge in [-0.15, -0.1) is 0 Å². The number of carbonyl (C=O) groups excluding carboxylic acids is 1. The van der Waals surface area contributed by atoms with E-state index in [2.05, 4.69) is 31.0 Å². The van der Waals surface area contributed by atoms with Crippen molar-refractivity contribution >= 4 is 44.2 Å². The number of aromatic nitrogens is 2. The molecule has 2 aromatic heterocycles. The third-order valence-electron chi connectivity index (χ3n) is 5.19. The van der Waals surface area contributed by atoms with Crippen molar-refractivity contribution in [3.8, 4) is 0 Å². The maximum Gasteiger partial charge on any atom is 0.233 e. The van der Waals surface area contributed by atoms with Gasteiger partial charge in [0.15, 0.2) is 5.13 Å². The molecule has 4 aromatic rings. The molecular weight excluding hydrogens is 414 g/mol. The second kappa shape index (κ2) is 8.54. The highest BCUT2D eigenvalue weighted by molar-refractivity contribution is 7.23. The van der Waals surface area contributed by atoms with Crippen LogP contribution in [0, 0.1) is 20.8 Å². The molecule has 0 aliphatic rings. The van der Waals surface area contributed by atoms with Crippen molar-refractivity contribution in [1.82, 2.24) is 9.97 Å². The third-order valence-corrected chi connectivity index (χ3v) is 6.73. The molecule has 0 bridgehead atoms. The Kier molecular flexibility index (Phi) is 5.84. The fourth-order valence-electron chi connectivity index (χ4n) is 3.31. The molecule has 0 fully saturated rings. The minimum Gasteiger partial charge on any atom is -0.282 e. The molecule has 6 heteroatoms. The fraction of sp³-hybridized carbons (Fsp3) is 0.208. The zero-order chi connectivity index (χ0) is 21.3. The van der Waals surface area contributed by atoms with Gasteiger partial charge in [0, 0.05) is 6.20 Å². The molecule has 1 amide bonds. The van der Waals surface area contributed by atoms with Gasteiger partial charge in [-0.05, 0) is 61.2 Å². The lowest BCUT2D eigenvalue weighted by Crippen LogP contribution is -2.32. The Balaban J connectivity index is 1.72. The number of anilines is 1. The first kappa shape index (κ1) is 20.5. The minimum atomic E-state index is -0.0169. The normalized spacial score (nSPS) is 11.1. The van der Waals surface area contributed by atoms with Crippen LogP contribution in [0.3, 0.4) is 0 Å². The van der Waals surface area contributed by atoms with Crippen molar-refractivity contribution in [2.45, 2.75) is 33.7 Å². The van der Waals surface area contributed by atoms with Gasteiger partial charge >= 0.3 is 0 Å². The van der Waals surface area contributed by atoms with Gasteiger partial charge in [0.25, 0.3) is 0 Å². The lowest BCUT2D eigenvalue weighted by atomic mass is 10.0. The zero-order valence-corrected chi connectivity index (χ0v) is 18.7. The number of halogens is 1. The Bertz CT molecular complexity index is 1180. The highest BCUT2D eigenvalue weighted by Gasteiger charge is 2.22. The Morgan fingerprint density at radius 3 is 2.53 bits per heavy atom. The molecule has 0 radical (unpaired) electrons. The molecule has 30 heavy (non-hydrogen) atoms. The summed E-state index contributed by atoms with van der Waals surface area (Å²) >= 11 is 7.85. The lowest BCUT2D eigenvalue weighted by molar-refractivity contribution is -0.118. The lowest BCUT2D eigenvalue weighted by Gasteiger charge is -2.20. The summed E-state index contributed by atoms with van der Waals surface area (Å²) in [5.41, 5.74) is 6.08. The number of fused-ring (bicyclic) bond motifs is 1. The Morgan fingerprint density at radius 2 is 1.83 bits per heavy atom. The van der Waals surface area contributed by atoms with Gasteiger partial charge in [0.2, 0.25) is 5.91 Å². The van der Waals surface area contributed by atoms with Crippen LogP contribution in [-0.4, -0.2) is 15.9 Å². The van der Waals surface area contributed by atoms with Crippen molar-refractivity contribution in [1.29, 1.82) is 0 Å². The standard InChI is InChI=1S/C24H22ClN3OS/c1-15-7-9-18(12-17(15)3)13-21(29)28(14-19-6-4-5-11-26-19)24-27-22-16(2)8-10-20(25)23(22)30-24/h4-12H,13-14H2,1-3H3. The van der Waals surface area contributed by atoms with Crippen molar-refractivity contribution in [3.05, 3.63) is 87.7 Å². The average molecular weight is 436 g/mol. The molecule has 0 N–H and O–H groups in total. The van der Waals surface area contributed by atoms with E-state index in [-0.39, 0.29) is 5.91 Å². The Hall–Kier alpha value is -2.76. The molecular formula is C24H22ClN3OS. The van der Waals surface area contributed by atoms with E-state index < -0.39 is 0 Å². The number of aryl methyl sites for hydroxylation is 3. The number of carbonyl (C=O) groups is 1. The number of pyridine rings is 1. The third kappa shape index (κ3) is 4.23. The molecule has 2 aromatic carbocycles. The van der Waals surface area contributed by atoms with Crippen LogP contribution in [-0.2, 0) is 17.8 Å². The number of hydrogen-bond acceptors (Lipinski definition) is 4. The molecule has 152 valence electrons. The van der Waals surface area contributed by atoms with Crippen LogP contribution in [0.1, 0.15) is 27.9 Å². The molecule has 4 rings (SSSR count). The summed E-state index contributed by atoms with van der Waals surface area (Å²) < 4.78 is 0.900. The van der Waals surface area contributed by atoms with Gasteiger partial charge in [0.1, 0.15) is 0 Å². The monoisotopic (exact) mass is 435 g/mol. The smallest absolute Gasteiger partial charge is 0.233 e. The van der Waals surface area contributed by atoms with Crippen LogP contribution in [0.2, 0.25) is 5.02 Å². The molecule has 0 saturated heterocycles. The quantitative estimate of drug-likeness (QED) is 0.383. The van der Waals surface area contributed by atoms with Gasteiger partial charge < -0.3 is 0 Å². The highest BCUT2D eigenvalue weighted by atomic mass is 35.5. The second-order valence-corrected chi connectivity index (χ2v) is 8.82. The summed E-state index contributed by atoms with van der Waals surface area (Å²) in [7, 11) is 0. The molecule has 0 unspecified atom stereocenters. The topological polar surface area (TPSA) is 46.1 Å². The average Bonchev–Trinajstić information content (AvgIpc) is 3.19. The van der Waals surface area contributed by atoms with Crippen LogP contribution in [0.15, 0.2) is 54.7 Å². The molecule has 0 saturated carbocycles. The number of amides is 1. The van der Waals surface area contributed by atoms with E-state index >= 15 is 0 Å². The summed E-state index contributed by atoms with van der Waals surface area (Å²) in [6, 6.07) is 15.7. The second-order valence-electron chi connectivity index (χ2n) is 7.43. The predicted octanol–water partition coefficient (Wildman–Crippen LogP) is 6.05. The van der Waals surface area contributed by atoms with Gasteiger partial charge in [-0.25, -0.2) is 4.98 Å². The number of benzene rings is 2. The first-order valence-electron chi connectivity index (χ1n) is 9.74. The van der Waals surface area contributed by atoms with Crippen LogP contribution >= 0.6 is 22.9 Å². The SMILES string of the molecule is Cc1ccc(CC(=O)N(Cc2ccccn2)c2nc3c(C)ccc(Cl)c3s2)cc1C. The van der Waals surface area contributed by atoms with Crippen LogP contribution in [0.5, 0.6) is 0 Å². The van der Waals surface area contributed by atoms with E-state index in [1.54, 1.807) is 11.1 Å². The van der Waals surface area contributed by atoms with Gasteiger partial charge in [0.05, 0.1) is 33.9 Å². The van der Waals surface area contributed by atoms with Crippen LogP contribution in [0.4, 0.5) is 5.13 Å². The summed E-state index contributed by atoms with van der Waals surface area (Å²) in [4.78, 5) is 24.3. The Labute approximate surface area is 185 Å². The van der Waals surface area contributed by atoms with E-state index in [0.717, 1.165) is 27.0 Å². The molecule has 0 aliphatic carbocycles. The number of rotatable bonds is 5. The van der Waals surface area contributed by atoms with Gasteiger partial charge in [-0.3, -0.25) is 14.7 Å². The van der Waals surface area contributed by atoms with E-state index in [1.165, 1.54) is 22.5 Å². The maximum atomic E-state index is 13.4. The minimum absolute atomic E-state index is 0.0169. The van der Waals surface area contributed by atoms with Gasteiger partial charge in [-0.1, -0.05) is 53.3 Å². The summed E-state index contributed by atoms with van der Waals surface area (Å²) in [5, 5.41) is 1.29. The predicted molar refractivity (Wildman–Crippen MR) is 124 cm³/mol. The van der Waals surface area contributed by atoms with Gasteiger partial charge in [-0.2, -0.15) is 0 Å². The molecule has 2 heterocycles. The highest BCUT2D eigenvalue weighted by Crippen LogP contribution is 2.36. The number of hydrogen-bond donors (Lipinski definition) is 0. The summed E-state index contributed by atoms with van der Waals surface area (Å²) in [5.74, 6) is -0.0169. The molecule has 0 spiro atoms. The molecule has 4 nitrogen and oxygen atoms in total. The summed E-state index contributed by atoms with van der Waals surface area (Å²) in [6.07, 6.45) is 2.04. The number of thiazole rings is 1. The number of nitrogens with zero attached hydrogens (tertiary/aromatic N) is 3. The van der Waals surface area contributed by atoms with E-state index in [1.807, 2.05) is 43.3 Å². The van der Waals surface area contributed by atoms with Crippen LogP contribution < -0.4 is 4.90 Å². The van der Waals surface area contributed by atoms with Crippen molar-refractivity contribution in [3.63, 3.8) is 0 Å². The van der Waals surface area contributed by atoms with Crippen molar-refractivity contribution in [2.24, 2.45) is 0 Å². The Morgan fingerprint density at radius 1 is 1.03 bits per heavy atom. The zero-order valence-electron chi connectivity index (χ0n) is 17.1.